The van der Waals surface area contributed by atoms with E-state index in [1.165, 1.54) is 11.1 Å². The molecule has 0 radical (unpaired) electrons. The van der Waals surface area contributed by atoms with E-state index in [4.69, 9.17) is 0 Å². The van der Waals surface area contributed by atoms with Crippen LogP contribution in [0.15, 0.2) is 29.3 Å². The summed E-state index contributed by atoms with van der Waals surface area (Å²) in [6.45, 7) is 10.1. The lowest BCUT2D eigenvalue weighted by atomic mass is 10.0. The van der Waals surface area contributed by atoms with Crippen LogP contribution in [0, 0.1) is 0 Å². The molecule has 144 valence electrons. The van der Waals surface area contributed by atoms with Crippen molar-refractivity contribution in [3.8, 4) is 0 Å². The van der Waals surface area contributed by atoms with E-state index in [9.17, 15) is 4.79 Å². The summed E-state index contributed by atoms with van der Waals surface area (Å²) in [6, 6.07) is 8.90. The zero-order valence-electron chi connectivity index (χ0n) is 16.6. The molecule has 1 aromatic carbocycles. The van der Waals surface area contributed by atoms with Gasteiger partial charge in [0.05, 0.1) is 0 Å². The van der Waals surface area contributed by atoms with Crippen LogP contribution in [0.2, 0.25) is 0 Å². The number of guanidine groups is 1. The molecule has 0 atom stereocenters. The minimum Gasteiger partial charge on any atom is -0.357 e. The van der Waals surface area contributed by atoms with Crippen LogP contribution >= 0.6 is 0 Å². The molecule has 0 aliphatic carbocycles. The maximum atomic E-state index is 12.1. The molecule has 1 aliphatic rings. The number of nitrogens with one attached hydrogen (secondary N) is 2. The molecule has 0 saturated carbocycles. The highest BCUT2D eigenvalue weighted by Crippen LogP contribution is 2.15. The predicted molar refractivity (Wildman–Crippen MR) is 109 cm³/mol. The third kappa shape index (κ3) is 6.70. The van der Waals surface area contributed by atoms with Crippen molar-refractivity contribution in [2.75, 3.05) is 32.7 Å². The smallest absolute Gasteiger partial charge is 0.244 e. The molecular weight excluding hydrogens is 324 g/mol. The fraction of sp³-hybridized carbons (Fsp3) is 0.619. The molecular formula is C21H34N4O. The minimum atomic E-state index is 0.130. The summed E-state index contributed by atoms with van der Waals surface area (Å²) in [4.78, 5) is 18.5. The average molecular weight is 359 g/mol. The van der Waals surface area contributed by atoms with Crippen LogP contribution in [-0.4, -0.2) is 49.5 Å². The first kappa shape index (κ1) is 20.3. The van der Waals surface area contributed by atoms with Gasteiger partial charge in [-0.1, -0.05) is 38.1 Å². The number of nitrogens with zero attached hydrogens (tertiary/aromatic N) is 2. The summed E-state index contributed by atoms with van der Waals surface area (Å²) in [5.41, 5.74) is 2.75. The number of benzene rings is 1. The van der Waals surface area contributed by atoms with Crippen LogP contribution in [0.25, 0.3) is 0 Å². The summed E-state index contributed by atoms with van der Waals surface area (Å²) in [7, 11) is 0. The fourth-order valence-electron chi connectivity index (χ4n) is 3.12. The number of aryl methyl sites for hydroxylation is 1. The van der Waals surface area contributed by atoms with Crippen molar-refractivity contribution in [2.45, 2.75) is 52.4 Å². The van der Waals surface area contributed by atoms with Crippen molar-refractivity contribution in [2.24, 2.45) is 4.99 Å². The maximum absolute atomic E-state index is 12.1. The second-order valence-electron chi connectivity index (χ2n) is 7.21. The third-order valence-electron chi connectivity index (χ3n) is 4.76. The summed E-state index contributed by atoms with van der Waals surface area (Å²) >= 11 is 0. The van der Waals surface area contributed by atoms with E-state index in [1.807, 2.05) is 11.8 Å². The highest BCUT2D eigenvalue weighted by atomic mass is 16.2. The number of amides is 1. The summed E-state index contributed by atoms with van der Waals surface area (Å²) in [6.07, 6.45) is 4.31. The van der Waals surface area contributed by atoms with Gasteiger partial charge in [0.15, 0.2) is 5.96 Å². The molecule has 0 unspecified atom stereocenters. The normalized spacial score (nSPS) is 14.8. The van der Waals surface area contributed by atoms with Crippen LogP contribution in [0.4, 0.5) is 0 Å². The highest BCUT2D eigenvalue weighted by Gasteiger charge is 2.17. The van der Waals surface area contributed by atoms with Crippen LogP contribution < -0.4 is 10.6 Å². The molecule has 1 amide bonds. The van der Waals surface area contributed by atoms with E-state index < -0.39 is 0 Å². The van der Waals surface area contributed by atoms with Gasteiger partial charge in [-0.25, -0.2) is 4.99 Å². The molecule has 0 spiro atoms. The molecule has 1 heterocycles. The third-order valence-corrected chi connectivity index (χ3v) is 4.76. The van der Waals surface area contributed by atoms with Crippen molar-refractivity contribution in [3.63, 3.8) is 0 Å². The van der Waals surface area contributed by atoms with Crippen LogP contribution in [0.3, 0.4) is 0 Å². The van der Waals surface area contributed by atoms with E-state index in [0.717, 1.165) is 57.8 Å². The van der Waals surface area contributed by atoms with Gasteiger partial charge in [-0.15, -0.1) is 0 Å². The standard InChI is InChI=1S/C21H34N4O/c1-4-22-21(24-16-20(26)25-14-5-6-15-25)23-13-7-8-18-9-11-19(12-10-18)17(2)3/h9-12,17H,4-8,13-16H2,1-3H3,(H2,22,23,24). The zero-order valence-corrected chi connectivity index (χ0v) is 16.6. The second-order valence-corrected chi connectivity index (χ2v) is 7.21. The Hall–Kier alpha value is -2.04. The first-order valence-corrected chi connectivity index (χ1v) is 9.99. The SMILES string of the molecule is CCNC(=NCC(=O)N1CCCC1)NCCCc1ccc(C(C)C)cc1. The van der Waals surface area contributed by atoms with Crippen LogP contribution in [0.1, 0.15) is 57.1 Å². The first-order valence-electron chi connectivity index (χ1n) is 9.99. The molecule has 2 N–H and O–H groups in total. The second kappa shape index (κ2) is 10.8. The Labute approximate surface area is 158 Å². The van der Waals surface area contributed by atoms with Gasteiger partial charge in [-0.05, 0) is 49.7 Å². The summed E-state index contributed by atoms with van der Waals surface area (Å²) < 4.78 is 0. The van der Waals surface area contributed by atoms with E-state index >= 15 is 0 Å². The lowest BCUT2D eigenvalue weighted by Crippen LogP contribution is -2.39. The monoisotopic (exact) mass is 358 g/mol. The molecule has 5 heteroatoms. The van der Waals surface area contributed by atoms with Crippen molar-refractivity contribution in [1.29, 1.82) is 0 Å². The van der Waals surface area contributed by atoms with Gasteiger partial charge < -0.3 is 15.5 Å². The van der Waals surface area contributed by atoms with Gasteiger partial charge in [0.25, 0.3) is 0 Å². The molecule has 26 heavy (non-hydrogen) atoms. The molecule has 1 aliphatic heterocycles. The molecule has 1 aromatic rings. The topological polar surface area (TPSA) is 56.7 Å². The number of aliphatic imine (C=N–C) groups is 1. The Morgan fingerprint density at radius 2 is 1.85 bits per heavy atom. The van der Waals surface area contributed by atoms with E-state index in [1.54, 1.807) is 0 Å². The molecule has 1 fully saturated rings. The average Bonchev–Trinajstić information content (AvgIpc) is 3.18. The Morgan fingerprint density at radius 1 is 1.15 bits per heavy atom. The number of hydrogen-bond donors (Lipinski definition) is 2. The predicted octanol–water partition coefficient (Wildman–Crippen LogP) is 2.92. The van der Waals surface area contributed by atoms with Gasteiger partial charge in [0, 0.05) is 26.2 Å². The minimum absolute atomic E-state index is 0.130. The van der Waals surface area contributed by atoms with Crippen molar-refractivity contribution < 1.29 is 4.79 Å². The van der Waals surface area contributed by atoms with Crippen LogP contribution in [0.5, 0.6) is 0 Å². The number of carbonyl (C=O) groups is 1. The molecule has 1 saturated heterocycles. The lowest BCUT2D eigenvalue weighted by molar-refractivity contribution is -0.128. The van der Waals surface area contributed by atoms with Crippen molar-refractivity contribution in [1.82, 2.24) is 15.5 Å². The Balaban J connectivity index is 1.73. The summed E-state index contributed by atoms with van der Waals surface area (Å²) in [5, 5.41) is 6.55. The van der Waals surface area contributed by atoms with E-state index in [0.29, 0.717) is 5.92 Å². The van der Waals surface area contributed by atoms with Gasteiger partial charge in [-0.2, -0.15) is 0 Å². The number of carbonyl (C=O) groups excluding carboxylic acids is 1. The Kier molecular flexibility index (Phi) is 8.45. The zero-order chi connectivity index (χ0) is 18.8. The van der Waals surface area contributed by atoms with Gasteiger partial charge in [0.2, 0.25) is 5.91 Å². The highest BCUT2D eigenvalue weighted by molar-refractivity contribution is 5.85. The van der Waals surface area contributed by atoms with Gasteiger partial charge >= 0.3 is 0 Å². The van der Waals surface area contributed by atoms with Crippen LogP contribution in [-0.2, 0) is 11.2 Å². The van der Waals surface area contributed by atoms with Crippen molar-refractivity contribution in [3.05, 3.63) is 35.4 Å². The first-order chi connectivity index (χ1) is 12.6. The Morgan fingerprint density at radius 3 is 2.46 bits per heavy atom. The summed E-state index contributed by atoms with van der Waals surface area (Å²) in [5.74, 6) is 1.44. The Bertz CT molecular complexity index is 574. The molecule has 0 aromatic heterocycles. The van der Waals surface area contributed by atoms with Gasteiger partial charge in [0.1, 0.15) is 6.54 Å². The lowest BCUT2D eigenvalue weighted by Gasteiger charge is -2.15. The van der Waals surface area contributed by atoms with E-state index in [2.05, 4.69) is 53.7 Å². The molecule has 5 nitrogen and oxygen atoms in total. The fourth-order valence-corrected chi connectivity index (χ4v) is 3.12. The van der Waals surface area contributed by atoms with Crippen molar-refractivity contribution >= 4 is 11.9 Å². The van der Waals surface area contributed by atoms with Gasteiger partial charge in [-0.3, -0.25) is 4.79 Å². The van der Waals surface area contributed by atoms with E-state index in [-0.39, 0.29) is 12.5 Å². The quantitative estimate of drug-likeness (QED) is 0.427. The number of likely N-dealkylation sites (tertiary alicyclic amines) is 1. The largest absolute Gasteiger partial charge is 0.357 e. The molecule has 2 rings (SSSR count). The maximum Gasteiger partial charge on any atom is 0.244 e. The number of hydrogen-bond acceptors (Lipinski definition) is 2. The molecule has 0 bridgehead atoms. The number of rotatable bonds is 8.